The molecule has 1 aliphatic heterocycles. The molecule has 1 atom stereocenters. The number of methoxy groups -OCH3 is 1. The van der Waals surface area contributed by atoms with Crippen molar-refractivity contribution in [3.05, 3.63) is 29.9 Å². The molecular weight excluding hydrogens is 261 g/mol. The molecule has 1 aliphatic rings. The van der Waals surface area contributed by atoms with Gasteiger partial charge in [0.2, 0.25) is 11.7 Å². The van der Waals surface area contributed by atoms with Gasteiger partial charge in [-0.1, -0.05) is 5.16 Å². The Bertz CT molecular complexity index is 621. The highest BCUT2D eigenvalue weighted by Gasteiger charge is 2.35. The molecular formula is C14H16FN3O2. The van der Waals surface area contributed by atoms with E-state index >= 15 is 0 Å². The number of nitrogens with one attached hydrogen (secondary N) is 1. The van der Waals surface area contributed by atoms with E-state index in [2.05, 4.69) is 15.5 Å². The van der Waals surface area contributed by atoms with Crippen LogP contribution >= 0.6 is 0 Å². The summed E-state index contributed by atoms with van der Waals surface area (Å²) in [5, 5.41) is 7.34. The van der Waals surface area contributed by atoms with Crippen LogP contribution in [0.3, 0.4) is 0 Å². The number of hydrogen-bond acceptors (Lipinski definition) is 5. The number of benzene rings is 1. The van der Waals surface area contributed by atoms with Crippen LogP contribution in [-0.4, -0.2) is 23.8 Å². The van der Waals surface area contributed by atoms with Crippen molar-refractivity contribution in [3.8, 4) is 17.1 Å². The van der Waals surface area contributed by atoms with E-state index in [0.29, 0.717) is 17.3 Å². The van der Waals surface area contributed by atoms with Gasteiger partial charge in [-0.05, 0) is 44.5 Å². The maximum atomic E-state index is 13.4. The van der Waals surface area contributed by atoms with Crippen molar-refractivity contribution in [1.82, 2.24) is 15.5 Å². The Morgan fingerprint density at radius 1 is 1.45 bits per heavy atom. The number of ether oxygens (including phenoxy) is 1. The molecule has 1 saturated heterocycles. The zero-order valence-electron chi connectivity index (χ0n) is 11.4. The highest BCUT2D eigenvalue weighted by Crippen LogP contribution is 2.31. The topological polar surface area (TPSA) is 60.2 Å². The molecule has 0 aliphatic carbocycles. The molecule has 1 N–H and O–H groups in total. The fourth-order valence-corrected chi connectivity index (χ4v) is 2.44. The van der Waals surface area contributed by atoms with Crippen LogP contribution in [0.1, 0.15) is 25.7 Å². The molecule has 6 heteroatoms. The molecule has 0 amide bonds. The monoisotopic (exact) mass is 277 g/mol. The highest BCUT2D eigenvalue weighted by atomic mass is 19.1. The number of aromatic nitrogens is 2. The van der Waals surface area contributed by atoms with E-state index in [1.54, 1.807) is 12.1 Å². The summed E-state index contributed by atoms with van der Waals surface area (Å²) in [6.07, 6.45) is 2.04. The normalized spacial score (nSPS) is 22.1. The van der Waals surface area contributed by atoms with Gasteiger partial charge in [0.05, 0.1) is 12.6 Å². The number of nitrogens with zero attached hydrogens (tertiary/aromatic N) is 2. The maximum absolute atomic E-state index is 13.4. The Morgan fingerprint density at radius 3 is 3.00 bits per heavy atom. The quantitative estimate of drug-likeness (QED) is 0.934. The van der Waals surface area contributed by atoms with Crippen molar-refractivity contribution in [1.29, 1.82) is 0 Å². The average Bonchev–Trinajstić information content (AvgIpc) is 3.09. The summed E-state index contributed by atoms with van der Waals surface area (Å²) in [7, 11) is 1.42. The van der Waals surface area contributed by atoms with Gasteiger partial charge in [0, 0.05) is 5.56 Å². The van der Waals surface area contributed by atoms with Crippen molar-refractivity contribution in [2.45, 2.75) is 25.3 Å². The van der Waals surface area contributed by atoms with Gasteiger partial charge in [-0.15, -0.1) is 0 Å². The lowest BCUT2D eigenvalue weighted by Crippen LogP contribution is -2.33. The van der Waals surface area contributed by atoms with Gasteiger partial charge in [-0.3, -0.25) is 0 Å². The zero-order chi connectivity index (χ0) is 14.2. The standard InChI is InChI=1S/C14H16FN3O2/c1-14(6-3-7-16-14)13-17-12(18-20-13)9-4-5-10(15)11(8-9)19-2/h4-5,8,16H,3,6-7H2,1-2H3. The molecule has 0 bridgehead atoms. The lowest BCUT2D eigenvalue weighted by Gasteiger charge is -2.18. The Kier molecular flexibility index (Phi) is 3.17. The molecule has 1 aromatic carbocycles. The molecule has 0 radical (unpaired) electrons. The Balaban J connectivity index is 1.94. The van der Waals surface area contributed by atoms with Crippen LogP contribution in [0.15, 0.2) is 22.7 Å². The molecule has 20 heavy (non-hydrogen) atoms. The van der Waals surface area contributed by atoms with Crippen molar-refractivity contribution >= 4 is 0 Å². The summed E-state index contributed by atoms with van der Waals surface area (Å²) in [6, 6.07) is 4.50. The lowest BCUT2D eigenvalue weighted by atomic mass is 10.0. The zero-order valence-corrected chi connectivity index (χ0v) is 11.4. The fourth-order valence-electron chi connectivity index (χ4n) is 2.44. The minimum absolute atomic E-state index is 0.166. The third-order valence-corrected chi connectivity index (χ3v) is 3.68. The van der Waals surface area contributed by atoms with Crippen LogP contribution in [0.25, 0.3) is 11.4 Å². The van der Waals surface area contributed by atoms with Crippen LogP contribution < -0.4 is 10.1 Å². The van der Waals surface area contributed by atoms with Crippen LogP contribution in [0.2, 0.25) is 0 Å². The van der Waals surface area contributed by atoms with Crippen molar-refractivity contribution in [2.75, 3.05) is 13.7 Å². The molecule has 3 rings (SSSR count). The molecule has 1 fully saturated rings. The second kappa shape index (κ2) is 4.86. The average molecular weight is 277 g/mol. The molecule has 2 aromatic rings. The Morgan fingerprint density at radius 2 is 2.30 bits per heavy atom. The summed E-state index contributed by atoms with van der Waals surface area (Å²) < 4.78 is 23.7. The van der Waals surface area contributed by atoms with Gasteiger partial charge in [0.1, 0.15) is 0 Å². The van der Waals surface area contributed by atoms with Crippen molar-refractivity contribution < 1.29 is 13.7 Å². The largest absolute Gasteiger partial charge is 0.494 e. The van der Waals surface area contributed by atoms with E-state index < -0.39 is 5.82 Å². The van der Waals surface area contributed by atoms with E-state index in [1.165, 1.54) is 13.2 Å². The van der Waals surface area contributed by atoms with Crippen LogP contribution in [-0.2, 0) is 5.54 Å². The first-order valence-electron chi connectivity index (χ1n) is 6.55. The maximum Gasteiger partial charge on any atom is 0.246 e. The Labute approximate surface area is 116 Å². The number of halogens is 1. The van der Waals surface area contributed by atoms with Gasteiger partial charge in [-0.2, -0.15) is 4.98 Å². The number of hydrogen-bond donors (Lipinski definition) is 1. The SMILES string of the molecule is COc1cc(-c2noc(C3(C)CCCN3)n2)ccc1F. The molecule has 1 unspecified atom stereocenters. The molecule has 0 saturated carbocycles. The van der Waals surface area contributed by atoms with Gasteiger partial charge in [-0.25, -0.2) is 4.39 Å². The van der Waals surface area contributed by atoms with Crippen LogP contribution in [0.4, 0.5) is 4.39 Å². The van der Waals surface area contributed by atoms with Gasteiger partial charge < -0.3 is 14.6 Å². The first kappa shape index (κ1) is 13.1. The van der Waals surface area contributed by atoms with Gasteiger partial charge >= 0.3 is 0 Å². The first-order valence-corrected chi connectivity index (χ1v) is 6.55. The smallest absolute Gasteiger partial charge is 0.246 e. The first-order chi connectivity index (χ1) is 9.62. The van der Waals surface area contributed by atoms with E-state index in [1.807, 2.05) is 6.92 Å². The van der Waals surface area contributed by atoms with E-state index in [9.17, 15) is 4.39 Å². The summed E-state index contributed by atoms with van der Waals surface area (Å²) in [5.41, 5.74) is 0.398. The molecule has 2 heterocycles. The van der Waals surface area contributed by atoms with E-state index in [-0.39, 0.29) is 11.3 Å². The third kappa shape index (κ3) is 2.16. The number of rotatable bonds is 3. The second-order valence-corrected chi connectivity index (χ2v) is 5.13. The van der Waals surface area contributed by atoms with Crippen LogP contribution in [0.5, 0.6) is 5.75 Å². The highest BCUT2D eigenvalue weighted by molar-refractivity contribution is 5.57. The minimum Gasteiger partial charge on any atom is -0.494 e. The predicted molar refractivity (Wildman–Crippen MR) is 70.8 cm³/mol. The third-order valence-electron chi connectivity index (χ3n) is 3.68. The second-order valence-electron chi connectivity index (χ2n) is 5.13. The predicted octanol–water partition coefficient (Wildman–Crippen LogP) is 2.48. The summed E-state index contributed by atoms with van der Waals surface area (Å²) >= 11 is 0. The minimum atomic E-state index is -0.413. The molecule has 106 valence electrons. The van der Waals surface area contributed by atoms with Crippen molar-refractivity contribution in [2.24, 2.45) is 0 Å². The summed E-state index contributed by atoms with van der Waals surface area (Å²) in [6.45, 7) is 2.99. The van der Waals surface area contributed by atoms with Crippen molar-refractivity contribution in [3.63, 3.8) is 0 Å². The van der Waals surface area contributed by atoms with Gasteiger partial charge in [0.15, 0.2) is 11.6 Å². The molecule has 0 spiro atoms. The Hall–Kier alpha value is -1.95. The lowest BCUT2D eigenvalue weighted by molar-refractivity contribution is 0.275. The molecule has 1 aromatic heterocycles. The van der Waals surface area contributed by atoms with Crippen LogP contribution in [0, 0.1) is 5.82 Å². The molecule has 5 nitrogen and oxygen atoms in total. The fraction of sp³-hybridized carbons (Fsp3) is 0.429. The van der Waals surface area contributed by atoms with E-state index in [0.717, 1.165) is 19.4 Å². The summed E-state index contributed by atoms with van der Waals surface area (Å²) in [4.78, 5) is 4.42. The van der Waals surface area contributed by atoms with E-state index in [4.69, 9.17) is 9.26 Å². The van der Waals surface area contributed by atoms with Gasteiger partial charge in [0.25, 0.3) is 0 Å². The summed E-state index contributed by atoms with van der Waals surface area (Å²) in [5.74, 6) is 0.755.